The van der Waals surface area contributed by atoms with E-state index in [4.69, 9.17) is 0 Å². The minimum Gasteiger partial charge on any atom is -0.347 e. The van der Waals surface area contributed by atoms with E-state index in [0.29, 0.717) is 12.0 Å². The van der Waals surface area contributed by atoms with Crippen LogP contribution in [0, 0.1) is 5.92 Å². The van der Waals surface area contributed by atoms with Crippen LogP contribution in [0.3, 0.4) is 0 Å². The highest BCUT2D eigenvalue weighted by molar-refractivity contribution is 7.15. The van der Waals surface area contributed by atoms with Crippen molar-refractivity contribution in [1.29, 1.82) is 0 Å². The summed E-state index contributed by atoms with van der Waals surface area (Å²) in [6.07, 6.45) is 8.87. The van der Waals surface area contributed by atoms with Crippen molar-refractivity contribution in [2.24, 2.45) is 11.7 Å². The molecular formula is C19H27N3OS. The summed E-state index contributed by atoms with van der Waals surface area (Å²) in [6, 6.07) is 4.29. The molecule has 2 bridgehead atoms. The minimum absolute atomic E-state index is 0.0735. The molecule has 0 radical (unpaired) electrons. The quantitative estimate of drug-likeness (QED) is 0.807. The summed E-state index contributed by atoms with van der Waals surface area (Å²) in [5.41, 5.74) is 5.66. The highest BCUT2D eigenvalue weighted by Gasteiger charge is 2.38. The van der Waals surface area contributed by atoms with Gasteiger partial charge in [0.25, 0.3) is 5.91 Å². The molecule has 2 fully saturated rings. The highest BCUT2D eigenvalue weighted by Crippen LogP contribution is 2.29. The summed E-state index contributed by atoms with van der Waals surface area (Å²) >= 11 is 1.56. The molecule has 2 aliphatic rings. The average molecular weight is 346 g/mol. The Hall–Kier alpha value is -1.69. The molecule has 130 valence electrons. The van der Waals surface area contributed by atoms with Crippen LogP contribution in [0.1, 0.15) is 27.9 Å². The van der Waals surface area contributed by atoms with Crippen LogP contribution in [0.4, 0.5) is 0 Å². The molecule has 0 spiro atoms. The molecule has 3 unspecified atom stereocenters. The second kappa shape index (κ2) is 8.97. The van der Waals surface area contributed by atoms with Crippen molar-refractivity contribution in [2.75, 3.05) is 26.7 Å². The first-order chi connectivity index (χ1) is 11.7. The van der Waals surface area contributed by atoms with E-state index >= 15 is 0 Å². The lowest BCUT2D eigenvalue weighted by Crippen LogP contribution is -2.42. The maximum absolute atomic E-state index is 12.4. The Labute approximate surface area is 148 Å². The molecule has 3 heterocycles. The van der Waals surface area contributed by atoms with Gasteiger partial charge in [0.15, 0.2) is 0 Å². The number of nitrogens with two attached hydrogens (primary N) is 1. The molecule has 3 atom stereocenters. The number of piperidine rings is 1. The van der Waals surface area contributed by atoms with E-state index in [1.54, 1.807) is 17.4 Å². The zero-order valence-corrected chi connectivity index (χ0v) is 15.3. The molecule has 0 aromatic carbocycles. The van der Waals surface area contributed by atoms with Crippen molar-refractivity contribution in [3.05, 3.63) is 52.8 Å². The van der Waals surface area contributed by atoms with Crippen molar-refractivity contribution >= 4 is 22.8 Å². The van der Waals surface area contributed by atoms with E-state index in [2.05, 4.69) is 29.5 Å². The zero-order valence-electron chi connectivity index (χ0n) is 14.5. The fraction of sp³-hybridized carbons (Fsp3) is 0.421. The molecule has 2 saturated heterocycles. The molecule has 4 nitrogen and oxygen atoms in total. The Morgan fingerprint density at radius 2 is 2.08 bits per heavy atom. The van der Waals surface area contributed by atoms with Crippen LogP contribution in [0.5, 0.6) is 0 Å². The first-order valence-corrected chi connectivity index (χ1v) is 9.16. The molecule has 24 heavy (non-hydrogen) atoms. The first-order valence-electron chi connectivity index (χ1n) is 8.34. The average Bonchev–Trinajstić information content (AvgIpc) is 3.33. The first kappa shape index (κ1) is 18.6. The van der Waals surface area contributed by atoms with E-state index < -0.39 is 0 Å². The van der Waals surface area contributed by atoms with Gasteiger partial charge in [-0.25, -0.2) is 0 Å². The largest absolute Gasteiger partial charge is 0.347 e. The lowest BCUT2D eigenvalue weighted by Gasteiger charge is -2.22. The van der Waals surface area contributed by atoms with Crippen LogP contribution >= 0.6 is 11.3 Å². The van der Waals surface area contributed by atoms with Crippen LogP contribution in [0.2, 0.25) is 0 Å². The summed E-state index contributed by atoms with van der Waals surface area (Å²) in [5, 5.41) is 3.21. The van der Waals surface area contributed by atoms with Gasteiger partial charge in [0.05, 0.1) is 4.88 Å². The second-order valence-corrected chi connectivity index (χ2v) is 7.11. The fourth-order valence-corrected chi connectivity index (χ4v) is 4.11. The zero-order chi connectivity index (χ0) is 17.5. The van der Waals surface area contributed by atoms with E-state index in [1.807, 2.05) is 30.4 Å². The fourth-order valence-electron chi connectivity index (χ4n) is 3.22. The van der Waals surface area contributed by atoms with Crippen LogP contribution in [0.15, 0.2) is 43.0 Å². The molecule has 1 aromatic heterocycles. The van der Waals surface area contributed by atoms with Crippen molar-refractivity contribution in [1.82, 2.24) is 10.2 Å². The predicted octanol–water partition coefficient (Wildman–Crippen LogP) is 2.90. The number of nitrogens with zero attached hydrogens (tertiary/aromatic N) is 1. The number of rotatable bonds is 5. The van der Waals surface area contributed by atoms with Crippen molar-refractivity contribution in [3.63, 3.8) is 0 Å². The number of carbonyl (C=O) groups excluding carboxylic acids is 1. The van der Waals surface area contributed by atoms with Gasteiger partial charge in [0.2, 0.25) is 0 Å². The number of thiophene rings is 1. The Bertz CT molecular complexity index is 632. The number of hydrogen-bond donors (Lipinski definition) is 2. The number of carbonyl (C=O) groups is 1. The third-order valence-corrected chi connectivity index (χ3v) is 5.68. The minimum atomic E-state index is 0.0735. The number of hydrogen-bond acceptors (Lipinski definition) is 4. The van der Waals surface area contributed by atoms with Gasteiger partial charge in [-0.05, 0) is 50.6 Å². The summed E-state index contributed by atoms with van der Waals surface area (Å²) in [7, 11) is 1.50. The van der Waals surface area contributed by atoms with Gasteiger partial charge < -0.3 is 16.0 Å². The monoisotopic (exact) mass is 345 g/mol. The van der Waals surface area contributed by atoms with Crippen molar-refractivity contribution in [3.8, 4) is 0 Å². The van der Waals surface area contributed by atoms with Gasteiger partial charge in [-0.1, -0.05) is 30.9 Å². The van der Waals surface area contributed by atoms with Crippen molar-refractivity contribution in [2.45, 2.75) is 19.4 Å². The van der Waals surface area contributed by atoms with E-state index in [-0.39, 0.29) is 5.91 Å². The van der Waals surface area contributed by atoms with Crippen LogP contribution < -0.4 is 11.1 Å². The number of amides is 1. The summed E-state index contributed by atoms with van der Waals surface area (Å²) in [4.78, 5) is 16.8. The SMILES string of the molecule is C=C/C=C\C=C(/C)c1ccc(C(=O)NC2CN3CCC2C3)s1.CN. The number of fused-ring (bicyclic) bond motifs is 2. The van der Waals surface area contributed by atoms with Gasteiger partial charge in [-0.15, -0.1) is 11.3 Å². The van der Waals surface area contributed by atoms with Gasteiger partial charge in [0.1, 0.15) is 0 Å². The molecule has 3 N–H and O–H groups in total. The Morgan fingerprint density at radius 3 is 2.71 bits per heavy atom. The van der Waals surface area contributed by atoms with Gasteiger partial charge in [-0.2, -0.15) is 0 Å². The van der Waals surface area contributed by atoms with Gasteiger partial charge in [0, 0.05) is 24.0 Å². The summed E-state index contributed by atoms with van der Waals surface area (Å²) in [6.45, 7) is 9.07. The highest BCUT2D eigenvalue weighted by atomic mass is 32.1. The maximum Gasteiger partial charge on any atom is 0.261 e. The standard InChI is InChI=1S/C18H22N2OS.CH5N/c1-3-4-5-6-13(2)16-7-8-17(22-16)18(21)19-15-12-20-10-9-14(15)11-20;1-2/h3-8,14-15H,1,9-12H2,2H3,(H,19,21);2H2,1H3/b5-4-,13-6+;. The molecular weight excluding hydrogens is 318 g/mol. The molecule has 0 aliphatic carbocycles. The maximum atomic E-state index is 12.4. The van der Waals surface area contributed by atoms with E-state index in [9.17, 15) is 4.79 Å². The summed E-state index contributed by atoms with van der Waals surface area (Å²) in [5.74, 6) is 0.721. The Morgan fingerprint density at radius 1 is 1.33 bits per heavy atom. The molecule has 1 amide bonds. The molecule has 3 rings (SSSR count). The second-order valence-electron chi connectivity index (χ2n) is 6.02. The predicted molar refractivity (Wildman–Crippen MR) is 103 cm³/mol. The third-order valence-electron chi connectivity index (χ3n) is 4.46. The van der Waals surface area contributed by atoms with E-state index in [0.717, 1.165) is 28.4 Å². The van der Waals surface area contributed by atoms with Crippen LogP contribution in [-0.4, -0.2) is 43.5 Å². The topological polar surface area (TPSA) is 58.4 Å². The van der Waals surface area contributed by atoms with Crippen molar-refractivity contribution < 1.29 is 4.79 Å². The molecule has 1 aromatic rings. The van der Waals surface area contributed by atoms with Crippen LogP contribution in [0.25, 0.3) is 5.57 Å². The normalized spacial score (nSPS) is 25.5. The number of allylic oxidation sites excluding steroid dienone is 5. The lowest BCUT2D eigenvalue weighted by atomic mass is 10.00. The Kier molecular flexibility index (Phi) is 6.97. The molecule has 2 aliphatic heterocycles. The summed E-state index contributed by atoms with van der Waals surface area (Å²) < 4.78 is 0. The number of nitrogens with one attached hydrogen (secondary N) is 1. The van der Waals surface area contributed by atoms with E-state index in [1.165, 1.54) is 20.0 Å². The van der Waals surface area contributed by atoms with Gasteiger partial charge in [-0.3, -0.25) is 4.79 Å². The third kappa shape index (κ3) is 4.44. The molecule has 0 saturated carbocycles. The van der Waals surface area contributed by atoms with Crippen LogP contribution in [-0.2, 0) is 0 Å². The Balaban J connectivity index is 0.00000100. The smallest absolute Gasteiger partial charge is 0.261 e. The lowest BCUT2D eigenvalue weighted by molar-refractivity contribution is 0.0928. The molecule has 5 heteroatoms. The van der Waals surface area contributed by atoms with Gasteiger partial charge >= 0.3 is 0 Å².